The summed E-state index contributed by atoms with van der Waals surface area (Å²) in [5.41, 5.74) is 1.29. The molecular formula is C12H8N2O3S. The molecule has 0 saturated heterocycles. The molecule has 0 unspecified atom stereocenters. The zero-order chi connectivity index (χ0) is 12.7. The molecule has 0 amide bonds. The van der Waals surface area contributed by atoms with Gasteiger partial charge in [0.2, 0.25) is 5.89 Å². The lowest BCUT2D eigenvalue weighted by molar-refractivity contribution is 0.0697. The van der Waals surface area contributed by atoms with Gasteiger partial charge in [-0.3, -0.25) is 0 Å². The van der Waals surface area contributed by atoms with Crippen LogP contribution in [-0.2, 0) is 0 Å². The van der Waals surface area contributed by atoms with Crippen LogP contribution in [0.3, 0.4) is 0 Å². The minimum atomic E-state index is -0.983. The number of thiazole rings is 1. The SMILES string of the molecule is Cc1ncc(-c2nc3ccc(C(=O)O)cc3o2)s1. The summed E-state index contributed by atoms with van der Waals surface area (Å²) >= 11 is 1.48. The van der Waals surface area contributed by atoms with Crippen molar-refractivity contribution >= 4 is 28.4 Å². The summed E-state index contributed by atoms with van der Waals surface area (Å²) in [5, 5.41) is 9.83. The molecule has 18 heavy (non-hydrogen) atoms. The third kappa shape index (κ3) is 1.76. The molecule has 90 valence electrons. The van der Waals surface area contributed by atoms with Crippen LogP contribution >= 0.6 is 11.3 Å². The third-order valence-corrected chi connectivity index (χ3v) is 3.37. The first-order valence-electron chi connectivity index (χ1n) is 5.20. The van der Waals surface area contributed by atoms with E-state index in [4.69, 9.17) is 9.52 Å². The molecule has 0 saturated carbocycles. The van der Waals surface area contributed by atoms with Gasteiger partial charge >= 0.3 is 5.97 Å². The lowest BCUT2D eigenvalue weighted by Gasteiger charge is -1.91. The molecule has 2 aromatic heterocycles. The summed E-state index contributed by atoms with van der Waals surface area (Å²) in [7, 11) is 0. The van der Waals surface area contributed by atoms with Crippen LogP contribution < -0.4 is 0 Å². The Morgan fingerprint density at radius 3 is 2.94 bits per heavy atom. The van der Waals surface area contributed by atoms with Crippen LogP contribution in [0.15, 0.2) is 28.8 Å². The first kappa shape index (κ1) is 10.9. The van der Waals surface area contributed by atoms with Gasteiger partial charge in [0.1, 0.15) is 10.4 Å². The Hall–Kier alpha value is -2.21. The number of hydrogen-bond donors (Lipinski definition) is 1. The predicted molar refractivity (Wildman–Crippen MR) is 66.8 cm³/mol. The predicted octanol–water partition coefficient (Wildman–Crippen LogP) is 2.96. The Balaban J connectivity index is 2.13. The van der Waals surface area contributed by atoms with Crippen LogP contribution in [0, 0.1) is 6.92 Å². The average Bonchev–Trinajstić information content (AvgIpc) is 2.93. The number of rotatable bonds is 2. The number of carboxylic acid groups (broad SMARTS) is 1. The molecule has 0 aliphatic heterocycles. The van der Waals surface area contributed by atoms with Crippen LogP contribution in [0.2, 0.25) is 0 Å². The monoisotopic (exact) mass is 260 g/mol. The zero-order valence-corrected chi connectivity index (χ0v) is 10.2. The van der Waals surface area contributed by atoms with E-state index < -0.39 is 5.97 Å². The number of benzene rings is 1. The van der Waals surface area contributed by atoms with Gasteiger partial charge in [0.15, 0.2) is 5.58 Å². The van der Waals surface area contributed by atoms with Crippen LogP contribution in [0.25, 0.3) is 21.9 Å². The number of aromatic nitrogens is 2. The van der Waals surface area contributed by atoms with Gasteiger partial charge in [0.25, 0.3) is 0 Å². The molecule has 0 aliphatic carbocycles. The Morgan fingerprint density at radius 1 is 1.44 bits per heavy atom. The highest BCUT2D eigenvalue weighted by molar-refractivity contribution is 7.14. The van der Waals surface area contributed by atoms with Crippen molar-refractivity contribution in [3.8, 4) is 10.8 Å². The van der Waals surface area contributed by atoms with Crippen molar-refractivity contribution in [1.29, 1.82) is 0 Å². The van der Waals surface area contributed by atoms with E-state index >= 15 is 0 Å². The fourth-order valence-corrected chi connectivity index (χ4v) is 2.33. The number of nitrogens with zero attached hydrogens (tertiary/aromatic N) is 2. The minimum Gasteiger partial charge on any atom is -0.478 e. The van der Waals surface area contributed by atoms with Crippen molar-refractivity contribution < 1.29 is 14.3 Å². The summed E-state index contributed by atoms with van der Waals surface area (Å²) in [4.78, 5) is 20.1. The Morgan fingerprint density at radius 2 is 2.28 bits per heavy atom. The summed E-state index contributed by atoms with van der Waals surface area (Å²) in [6, 6.07) is 4.62. The largest absolute Gasteiger partial charge is 0.478 e. The van der Waals surface area contributed by atoms with Crippen molar-refractivity contribution in [3.63, 3.8) is 0 Å². The second-order valence-electron chi connectivity index (χ2n) is 3.75. The number of aryl methyl sites for hydroxylation is 1. The Kier molecular flexibility index (Phi) is 2.38. The number of oxazole rings is 1. The lowest BCUT2D eigenvalue weighted by atomic mass is 10.2. The number of carboxylic acids is 1. The Labute approximate surface area is 106 Å². The minimum absolute atomic E-state index is 0.186. The Bertz CT molecular complexity index is 745. The fraction of sp³-hybridized carbons (Fsp3) is 0.0833. The van der Waals surface area contributed by atoms with Crippen LogP contribution in [0.1, 0.15) is 15.4 Å². The second-order valence-corrected chi connectivity index (χ2v) is 4.98. The molecule has 0 atom stereocenters. The third-order valence-electron chi connectivity index (χ3n) is 2.47. The molecule has 1 aromatic carbocycles. The van der Waals surface area contributed by atoms with Gasteiger partial charge in [-0.15, -0.1) is 11.3 Å². The smallest absolute Gasteiger partial charge is 0.335 e. The van der Waals surface area contributed by atoms with Gasteiger partial charge < -0.3 is 9.52 Å². The second kappa shape index (κ2) is 3.92. The number of fused-ring (bicyclic) bond motifs is 1. The van der Waals surface area contributed by atoms with Crippen molar-refractivity contribution in [3.05, 3.63) is 35.0 Å². The van der Waals surface area contributed by atoms with Gasteiger partial charge in [-0.25, -0.2) is 14.8 Å². The first-order chi connectivity index (χ1) is 8.63. The highest BCUT2D eigenvalue weighted by atomic mass is 32.1. The van der Waals surface area contributed by atoms with Gasteiger partial charge in [0.05, 0.1) is 16.8 Å². The molecule has 5 nitrogen and oxygen atoms in total. The summed E-state index contributed by atoms with van der Waals surface area (Å²) in [5.74, 6) is -0.512. The van der Waals surface area contributed by atoms with Crippen molar-refractivity contribution in [1.82, 2.24) is 9.97 Å². The molecule has 0 spiro atoms. The summed E-state index contributed by atoms with van der Waals surface area (Å²) in [6.07, 6.45) is 1.70. The maximum Gasteiger partial charge on any atom is 0.335 e. The molecular weight excluding hydrogens is 252 g/mol. The maximum atomic E-state index is 10.9. The van der Waals surface area contributed by atoms with Crippen LogP contribution in [0.4, 0.5) is 0 Å². The van der Waals surface area contributed by atoms with E-state index in [0.29, 0.717) is 17.0 Å². The van der Waals surface area contributed by atoms with Gasteiger partial charge in [0, 0.05) is 0 Å². The number of aromatic carboxylic acids is 1. The highest BCUT2D eigenvalue weighted by Gasteiger charge is 2.12. The summed E-state index contributed by atoms with van der Waals surface area (Å²) in [6.45, 7) is 1.90. The van der Waals surface area contributed by atoms with E-state index in [-0.39, 0.29) is 5.56 Å². The van der Waals surface area contributed by atoms with E-state index in [1.807, 2.05) is 6.92 Å². The van der Waals surface area contributed by atoms with Gasteiger partial charge in [-0.2, -0.15) is 0 Å². The van der Waals surface area contributed by atoms with E-state index in [1.165, 1.54) is 23.5 Å². The normalized spacial score (nSPS) is 10.9. The molecule has 3 aromatic rings. The quantitative estimate of drug-likeness (QED) is 0.766. The summed E-state index contributed by atoms with van der Waals surface area (Å²) < 4.78 is 5.55. The van der Waals surface area contributed by atoms with Crippen molar-refractivity contribution in [2.24, 2.45) is 0 Å². The molecule has 0 bridgehead atoms. The zero-order valence-electron chi connectivity index (χ0n) is 9.38. The molecule has 0 fully saturated rings. The van der Waals surface area contributed by atoms with E-state index in [0.717, 1.165) is 9.88 Å². The molecule has 2 heterocycles. The van der Waals surface area contributed by atoms with Crippen molar-refractivity contribution in [2.75, 3.05) is 0 Å². The van der Waals surface area contributed by atoms with E-state index in [2.05, 4.69) is 9.97 Å². The molecule has 6 heteroatoms. The number of carbonyl (C=O) groups is 1. The maximum absolute atomic E-state index is 10.9. The fourth-order valence-electron chi connectivity index (χ4n) is 1.62. The molecule has 1 N–H and O–H groups in total. The van der Waals surface area contributed by atoms with Crippen LogP contribution in [0.5, 0.6) is 0 Å². The molecule has 0 aliphatic rings. The van der Waals surface area contributed by atoms with E-state index in [1.54, 1.807) is 12.3 Å². The first-order valence-corrected chi connectivity index (χ1v) is 6.02. The number of hydrogen-bond acceptors (Lipinski definition) is 5. The topological polar surface area (TPSA) is 76.2 Å². The highest BCUT2D eigenvalue weighted by Crippen LogP contribution is 2.28. The lowest BCUT2D eigenvalue weighted by Crippen LogP contribution is -1.94. The van der Waals surface area contributed by atoms with Crippen molar-refractivity contribution in [2.45, 2.75) is 6.92 Å². The standard InChI is InChI=1S/C12H8N2O3S/c1-6-13-5-10(18-6)11-14-8-3-2-7(12(15)16)4-9(8)17-11/h2-5H,1H3,(H,15,16). The average molecular weight is 260 g/mol. The van der Waals surface area contributed by atoms with E-state index in [9.17, 15) is 4.79 Å². The van der Waals surface area contributed by atoms with Crippen LogP contribution in [-0.4, -0.2) is 21.0 Å². The molecule has 0 radical (unpaired) electrons. The van der Waals surface area contributed by atoms with Gasteiger partial charge in [-0.1, -0.05) is 0 Å². The van der Waals surface area contributed by atoms with Gasteiger partial charge in [-0.05, 0) is 25.1 Å². The molecule has 3 rings (SSSR count).